The lowest BCUT2D eigenvalue weighted by molar-refractivity contribution is -0.147. The van der Waals surface area contributed by atoms with Gasteiger partial charge in [-0.1, -0.05) is 34.6 Å². The van der Waals surface area contributed by atoms with Gasteiger partial charge in [-0.15, -0.1) is 0 Å². The zero-order valence-electron chi connectivity index (χ0n) is 10.2. The van der Waals surface area contributed by atoms with Gasteiger partial charge < -0.3 is 9.84 Å². The third-order valence-electron chi connectivity index (χ3n) is 1.41. The van der Waals surface area contributed by atoms with Crippen LogP contribution in [-0.2, 0) is 14.3 Å². The zero-order valence-corrected chi connectivity index (χ0v) is 10.2. The van der Waals surface area contributed by atoms with Crippen LogP contribution in [0.15, 0.2) is 0 Å². The predicted molar refractivity (Wildman–Crippen MR) is 58.6 cm³/mol. The van der Waals surface area contributed by atoms with Crippen LogP contribution in [0.1, 0.15) is 41.0 Å². The molecule has 0 atom stereocenters. The smallest absolute Gasteiger partial charge is 0.308 e. The van der Waals surface area contributed by atoms with Crippen molar-refractivity contribution in [2.75, 3.05) is 6.61 Å². The molecule has 0 radical (unpaired) electrons. The van der Waals surface area contributed by atoms with E-state index >= 15 is 0 Å². The summed E-state index contributed by atoms with van der Waals surface area (Å²) < 4.78 is 4.81. The van der Waals surface area contributed by atoms with Crippen LogP contribution in [0.2, 0.25) is 0 Å². The molecule has 0 aromatic heterocycles. The SMILES string of the molecule is CC(C)C(=O)O.CCCOC(=O)C(C)C. The van der Waals surface area contributed by atoms with Crippen LogP contribution in [0.4, 0.5) is 0 Å². The highest BCUT2D eigenvalue weighted by Gasteiger charge is 2.05. The van der Waals surface area contributed by atoms with Crippen molar-refractivity contribution < 1.29 is 19.4 Å². The first kappa shape index (κ1) is 16.4. The lowest BCUT2D eigenvalue weighted by Crippen LogP contribution is -2.11. The Hall–Kier alpha value is -1.06. The van der Waals surface area contributed by atoms with Crippen molar-refractivity contribution in [3.63, 3.8) is 0 Å². The molecule has 0 aliphatic heterocycles. The van der Waals surface area contributed by atoms with E-state index in [2.05, 4.69) is 0 Å². The summed E-state index contributed by atoms with van der Waals surface area (Å²) in [6.45, 7) is 9.48. The van der Waals surface area contributed by atoms with E-state index in [1.165, 1.54) is 0 Å². The Morgan fingerprint density at radius 3 is 1.73 bits per heavy atom. The van der Waals surface area contributed by atoms with E-state index in [9.17, 15) is 9.59 Å². The molecule has 4 nitrogen and oxygen atoms in total. The first-order valence-electron chi connectivity index (χ1n) is 5.22. The topological polar surface area (TPSA) is 63.6 Å². The summed E-state index contributed by atoms with van der Waals surface area (Å²) in [6.07, 6.45) is 0.901. The molecule has 0 aliphatic rings. The Morgan fingerprint density at radius 1 is 1.13 bits per heavy atom. The average Bonchev–Trinajstić information content (AvgIpc) is 2.14. The van der Waals surface area contributed by atoms with Gasteiger partial charge in [0.05, 0.1) is 18.4 Å². The molecule has 0 saturated carbocycles. The van der Waals surface area contributed by atoms with Gasteiger partial charge >= 0.3 is 11.9 Å². The Balaban J connectivity index is 0. The fraction of sp³-hybridized carbons (Fsp3) is 0.818. The van der Waals surface area contributed by atoms with Crippen LogP contribution < -0.4 is 0 Å². The second-order valence-electron chi connectivity index (χ2n) is 3.82. The molecule has 0 aromatic carbocycles. The van der Waals surface area contributed by atoms with Gasteiger partial charge in [0.15, 0.2) is 0 Å². The molecule has 0 aliphatic carbocycles. The Bertz CT molecular complexity index is 185. The summed E-state index contributed by atoms with van der Waals surface area (Å²) in [5, 5.41) is 7.99. The van der Waals surface area contributed by atoms with E-state index in [0.29, 0.717) is 6.61 Å². The highest BCUT2D eigenvalue weighted by Crippen LogP contribution is 1.95. The van der Waals surface area contributed by atoms with Crippen molar-refractivity contribution in [3.8, 4) is 0 Å². The van der Waals surface area contributed by atoms with Crippen LogP contribution in [0.3, 0.4) is 0 Å². The molecular formula is C11H22O4. The molecule has 90 valence electrons. The zero-order chi connectivity index (χ0) is 12.4. The largest absolute Gasteiger partial charge is 0.481 e. The van der Waals surface area contributed by atoms with Crippen LogP contribution >= 0.6 is 0 Å². The molecule has 0 amide bonds. The third kappa shape index (κ3) is 12.9. The molecule has 0 unspecified atom stereocenters. The van der Waals surface area contributed by atoms with Gasteiger partial charge in [-0.3, -0.25) is 9.59 Å². The van der Waals surface area contributed by atoms with Gasteiger partial charge in [-0.2, -0.15) is 0 Å². The molecule has 0 spiro atoms. The highest BCUT2D eigenvalue weighted by atomic mass is 16.5. The van der Waals surface area contributed by atoms with Crippen LogP contribution in [0.5, 0.6) is 0 Å². The highest BCUT2D eigenvalue weighted by molar-refractivity contribution is 5.71. The molecule has 0 heterocycles. The minimum Gasteiger partial charge on any atom is -0.481 e. The van der Waals surface area contributed by atoms with E-state index in [-0.39, 0.29) is 17.8 Å². The molecule has 0 saturated heterocycles. The van der Waals surface area contributed by atoms with Gasteiger partial charge in [0.25, 0.3) is 0 Å². The van der Waals surface area contributed by atoms with Crippen molar-refractivity contribution in [2.45, 2.75) is 41.0 Å². The molecule has 4 heteroatoms. The van der Waals surface area contributed by atoms with E-state index in [0.717, 1.165) is 6.42 Å². The van der Waals surface area contributed by atoms with Gasteiger partial charge in [-0.25, -0.2) is 0 Å². The first-order chi connectivity index (χ1) is 6.82. The number of rotatable bonds is 4. The quantitative estimate of drug-likeness (QED) is 0.735. The first-order valence-corrected chi connectivity index (χ1v) is 5.22. The fourth-order valence-electron chi connectivity index (χ4n) is 0.369. The van der Waals surface area contributed by atoms with Crippen LogP contribution in [-0.4, -0.2) is 23.7 Å². The number of carbonyl (C=O) groups is 2. The van der Waals surface area contributed by atoms with Crippen molar-refractivity contribution in [1.82, 2.24) is 0 Å². The number of aliphatic carboxylic acids is 1. The molecule has 1 N–H and O–H groups in total. The second-order valence-corrected chi connectivity index (χ2v) is 3.82. The van der Waals surface area contributed by atoms with E-state index in [1.54, 1.807) is 13.8 Å². The van der Waals surface area contributed by atoms with Crippen LogP contribution in [0, 0.1) is 11.8 Å². The van der Waals surface area contributed by atoms with Crippen molar-refractivity contribution in [1.29, 1.82) is 0 Å². The second kappa shape index (κ2) is 9.49. The van der Waals surface area contributed by atoms with Crippen molar-refractivity contribution in [3.05, 3.63) is 0 Å². The standard InChI is InChI=1S/C7H14O2.C4H8O2/c1-4-5-9-7(8)6(2)3;1-3(2)4(5)6/h6H,4-5H2,1-3H3;3H,1-2H3,(H,5,6). The molecule has 0 rings (SSSR count). The van der Waals surface area contributed by atoms with Gasteiger partial charge in [0, 0.05) is 0 Å². The summed E-state index contributed by atoms with van der Waals surface area (Å²) in [7, 11) is 0. The number of carboxylic acid groups (broad SMARTS) is 1. The maximum absolute atomic E-state index is 10.7. The van der Waals surface area contributed by atoms with Gasteiger partial charge in [0.1, 0.15) is 0 Å². The molecule has 0 aromatic rings. The Kier molecular flexibility index (Phi) is 10.4. The number of carboxylic acids is 1. The number of hydrogen-bond acceptors (Lipinski definition) is 3. The number of esters is 1. The number of hydrogen-bond donors (Lipinski definition) is 1. The predicted octanol–water partition coefficient (Wildman–Crippen LogP) is 2.32. The maximum Gasteiger partial charge on any atom is 0.308 e. The summed E-state index contributed by atoms with van der Waals surface area (Å²) in [6, 6.07) is 0. The van der Waals surface area contributed by atoms with Crippen molar-refractivity contribution in [2.24, 2.45) is 11.8 Å². The van der Waals surface area contributed by atoms with E-state index in [1.807, 2.05) is 20.8 Å². The normalized spacial score (nSPS) is 9.53. The summed E-state index contributed by atoms with van der Waals surface area (Å²) in [4.78, 5) is 20.4. The lowest BCUT2D eigenvalue weighted by atomic mass is 10.2. The summed E-state index contributed by atoms with van der Waals surface area (Å²) in [5.74, 6) is -1.06. The number of ether oxygens (including phenoxy) is 1. The molecule has 0 fully saturated rings. The van der Waals surface area contributed by atoms with E-state index < -0.39 is 5.97 Å². The number of carbonyl (C=O) groups excluding carboxylic acids is 1. The summed E-state index contributed by atoms with van der Waals surface area (Å²) in [5.41, 5.74) is 0. The Morgan fingerprint density at radius 2 is 1.53 bits per heavy atom. The maximum atomic E-state index is 10.7. The average molecular weight is 218 g/mol. The summed E-state index contributed by atoms with van der Waals surface area (Å²) >= 11 is 0. The van der Waals surface area contributed by atoms with Crippen molar-refractivity contribution >= 4 is 11.9 Å². The van der Waals surface area contributed by atoms with Gasteiger partial charge in [-0.05, 0) is 6.42 Å². The molecule has 15 heavy (non-hydrogen) atoms. The molecule has 0 bridgehead atoms. The van der Waals surface area contributed by atoms with E-state index in [4.69, 9.17) is 9.84 Å². The fourth-order valence-corrected chi connectivity index (χ4v) is 0.369. The Labute approximate surface area is 91.6 Å². The minimum atomic E-state index is -0.741. The van der Waals surface area contributed by atoms with Gasteiger partial charge in [0.2, 0.25) is 0 Å². The monoisotopic (exact) mass is 218 g/mol. The molecular weight excluding hydrogens is 196 g/mol. The minimum absolute atomic E-state index is 0.0107. The third-order valence-corrected chi connectivity index (χ3v) is 1.41. The lowest BCUT2D eigenvalue weighted by Gasteiger charge is -2.03. The van der Waals surface area contributed by atoms with Crippen LogP contribution in [0.25, 0.3) is 0 Å².